The van der Waals surface area contributed by atoms with Crippen molar-refractivity contribution in [2.75, 3.05) is 6.54 Å². The first-order chi connectivity index (χ1) is 9.25. The van der Waals surface area contributed by atoms with Crippen LogP contribution < -0.4 is 11.1 Å². The fourth-order valence-electron chi connectivity index (χ4n) is 1.78. The van der Waals surface area contributed by atoms with Gasteiger partial charge in [0, 0.05) is 30.8 Å². The number of nitrogens with zero attached hydrogens (tertiary/aromatic N) is 1. The Hall–Kier alpha value is -1.72. The van der Waals surface area contributed by atoms with Crippen LogP contribution >= 0.6 is 11.3 Å². The highest BCUT2D eigenvalue weighted by Gasteiger charge is 2.10. The van der Waals surface area contributed by atoms with E-state index in [1.165, 1.54) is 0 Å². The van der Waals surface area contributed by atoms with E-state index in [9.17, 15) is 4.79 Å². The van der Waals surface area contributed by atoms with Gasteiger partial charge < -0.3 is 11.1 Å². The summed E-state index contributed by atoms with van der Waals surface area (Å²) in [6.45, 7) is 0.601. The molecule has 0 bridgehead atoms. The molecule has 1 atom stereocenters. The maximum atomic E-state index is 11.7. The van der Waals surface area contributed by atoms with Crippen LogP contribution in [0.1, 0.15) is 23.7 Å². The number of nitrogens with two attached hydrogens (primary N) is 1. The molecule has 2 aromatic rings. The van der Waals surface area contributed by atoms with Crippen LogP contribution in [0.15, 0.2) is 41.2 Å². The summed E-state index contributed by atoms with van der Waals surface area (Å²) in [6, 6.07) is 9.41. The Labute approximate surface area is 116 Å². The number of thiazole rings is 1. The average Bonchev–Trinajstić information content (AvgIpc) is 2.93. The molecule has 3 N–H and O–H groups in total. The van der Waals surface area contributed by atoms with Gasteiger partial charge in [-0.1, -0.05) is 30.3 Å². The third-order valence-corrected chi connectivity index (χ3v) is 3.46. The summed E-state index contributed by atoms with van der Waals surface area (Å²) in [7, 11) is 0. The first-order valence-electron chi connectivity index (χ1n) is 6.20. The molecule has 0 saturated carbocycles. The highest BCUT2D eigenvalue weighted by molar-refractivity contribution is 7.07. The Morgan fingerprint density at radius 1 is 1.37 bits per heavy atom. The minimum atomic E-state index is -0.250. The van der Waals surface area contributed by atoms with Gasteiger partial charge in [0.2, 0.25) is 5.91 Å². The molecule has 1 heterocycles. The van der Waals surface area contributed by atoms with Crippen LogP contribution in [-0.4, -0.2) is 17.4 Å². The first-order valence-corrected chi connectivity index (χ1v) is 7.14. The second-order valence-electron chi connectivity index (χ2n) is 4.30. The van der Waals surface area contributed by atoms with Gasteiger partial charge in [-0.3, -0.25) is 4.79 Å². The van der Waals surface area contributed by atoms with Gasteiger partial charge in [0.1, 0.15) is 0 Å². The molecule has 0 radical (unpaired) electrons. The lowest BCUT2D eigenvalue weighted by molar-refractivity contribution is -0.121. The molecular formula is C14H17N3OS. The third-order valence-electron chi connectivity index (χ3n) is 2.82. The van der Waals surface area contributed by atoms with Crippen molar-refractivity contribution in [2.45, 2.75) is 18.9 Å². The van der Waals surface area contributed by atoms with E-state index in [1.807, 2.05) is 35.7 Å². The number of rotatable bonds is 6. The predicted octanol–water partition coefficient (Wildman–Crippen LogP) is 1.89. The molecule has 0 aliphatic carbocycles. The fraction of sp³-hybridized carbons (Fsp3) is 0.286. The number of carbonyl (C=O) groups is 1. The Bertz CT molecular complexity index is 499. The summed E-state index contributed by atoms with van der Waals surface area (Å²) in [6.07, 6.45) is 1.07. The zero-order chi connectivity index (χ0) is 13.5. The Balaban J connectivity index is 1.72. The molecule has 100 valence electrons. The van der Waals surface area contributed by atoms with Crippen LogP contribution in [0.2, 0.25) is 0 Å². The summed E-state index contributed by atoms with van der Waals surface area (Å²) in [5, 5.41) is 4.86. The van der Waals surface area contributed by atoms with Gasteiger partial charge in [0.15, 0.2) is 0 Å². The van der Waals surface area contributed by atoms with Crippen molar-refractivity contribution in [3.8, 4) is 0 Å². The molecule has 1 aromatic carbocycles. The normalized spacial score (nSPS) is 12.1. The van der Waals surface area contributed by atoms with Gasteiger partial charge in [-0.25, -0.2) is 4.98 Å². The number of nitrogens with one attached hydrogen (secondary N) is 1. The van der Waals surface area contributed by atoms with Crippen molar-refractivity contribution in [1.82, 2.24) is 10.3 Å². The number of hydrogen-bond donors (Lipinski definition) is 2. The number of hydrogen-bond acceptors (Lipinski definition) is 4. The van der Waals surface area contributed by atoms with Crippen molar-refractivity contribution in [2.24, 2.45) is 5.73 Å². The van der Waals surface area contributed by atoms with E-state index in [0.29, 0.717) is 13.0 Å². The Morgan fingerprint density at radius 3 is 2.84 bits per heavy atom. The van der Waals surface area contributed by atoms with E-state index in [2.05, 4.69) is 10.3 Å². The molecular weight excluding hydrogens is 258 g/mol. The van der Waals surface area contributed by atoms with Gasteiger partial charge >= 0.3 is 0 Å². The molecule has 4 nitrogen and oxygen atoms in total. The molecule has 1 aromatic heterocycles. The lowest BCUT2D eigenvalue weighted by Crippen LogP contribution is -2.29. The van der Waals surface area contributed by atoms with Crippen LogP contribution in [0.5, 0.6) is 0 Å². The highest BCUT2D eigenvalue weighted by Crippen LogP contribution is 2.12. The Morgan fingerprint density at radius 2 is 2.16 bits per heavy atom. The van der Waals surface area contributed by atoms with Gasteiger partial charge in [0.05, 0.1) is 11.2 Å². The maximum absolute atomic E-state index is 11.7. The van der Waals surface area contributed by atoms with Gasteiger partial charge in [-0.2, -0.15) is 0 Å². The first kappa shape index (κ1) is 13.7. The number of amides is 1. The van der Waals surface area contributed by atoms with E-state index in [4.69, 9.17) is 5.73 Å². The summed E-state index contributed by atoms with van der Waals surface area (Å²) < 4.78 is 0. The minimum Gasteiger partial charge on any atom is -0.356 e. The van der Waals surface area contributed by atoms with Gasteiger partial charge in [0.25, 0.3) is 0 Å². The summed E-state index contributed by atoms with van der Waals surface area (Å²) in [5.74, 6) is -0.0217. The van der Waals surface area contributed by atoms with Crippen molar-refractivity contribution < 1.29 is 4.79 Å². The maximum Gasteiger partial charge on any atom is 0.221 e. The van der Waals surface area contributed by atoms with E-state index >= 15 is 0 Å². The van der Waals surface area contributed by atoms with Crippen LogP contribution in [0.3, 0.4) is 0 Å². The average molecular weight is 275 g/mol. The van der Waals surface area contributed by atoms with Crippen LogP contribution in [-0.2, 0) is 11.2 Å². The van der Waals surface area contributed by atoms with Crippen molar-refractivity contribution in [3.05, 3.63) is 52.5 Å². The predicted molar refractivity (Wildman–Crippen MR) is 76.8 cm³/mol. The molecule has 19 heavy (non-hydrogen) atoms. The number of carbonyl (C=O) groups excluding carboxylic acids is 1. The zero-order valence-electron chi connectivity index (χ0n) is 10.6. The second-order valence-corrected chi connectivity index (χ2v) is 5.02. The summed E-state index contributed by atoms with van der Waals surface area (Å²) >= 11 is 1.56. The van der Waals surface area contributed by atoms with Gasteiger partial charge in [-0.05, 0) is 5.56 Å². The molecule has 0 saturated heterocycles. The minimum absolute atomic E-state index is 0.0217. The van der Waals surface area contributed by atoms with E-state index in [0.717, 1.165) is 17.7 Å². The number of benzene rings is 1. The van der Waals surface area contributed by atoms with Crippen LogP contribution in [0.25, 0.3) is 0 Å². The molecule has 1 amide bonds. The highest BCUT2D eigenvalue weighted by atomic mass is 32.1. The molecule has 0 fully saturated rings. The lowest BCUT2D eigenvalue weighted by atomic mass is 10.0. The van der Waals surface area contributed by atoms with E-state index in [1.54, 1.807) is 16.8 Å². The molecule has 0 spiro atoms. The summed E-state index contributed by atoms with van der Waals surface area (Å²) in [4.78, 5) is 15.9. The zero-order valence-corrected chi connectivity index (χ0v) is 11.4. The molecule has 0 aliphatic heterocycles. The van der Waals surface area contributed by atoms with Crippen LogP contribution in [0.4, 0.5) is 0 Å². The summed E-state index contributed by atoms with van der Waals surface area (Å²) in [5.41, 5.74) is 9.78. The van der Waals surface area contributed by atoms with Crippen molar-refractivity contribution in [3.63, 3.8) is 0 Å². The molecule has 1 unspecified atom stereocenters. The van der Waals surface area contributed by atoms with Crippen molar-refractivity contribution >= 4 is 17.2 Å². The molecule has 5 heteroatoms. The SMILES string of the molecule is NC(CC(=O)NCCc1cscn1)c1ccccc1. The third kappa shape index (κ3) is 4.46. The van der Waals surface area contributed by atoms with Crippen LogP contribution in [0, 0.1) is 0 Å². The topological polar surface area (TPSA) is 68.0 Å². The van der Waals surface area contributed by atoms with E-state index in [-0.39, 0.29) is 11.9 Å². The monoisotopic (exact) mass is 275 g/mol. The standard InChI is InChI=1S/C14H17N3OS/c15-13(11-4-2-1-3-5-11)8-14(18)16-7-6-12-9-19-10-17-12/h1-5,9-10,13H,6-8,15H2,(H,16,18). The molecule has 2 rings (SSSR count). The van der Waals surface area contributed by atoms with E-state index < -0.39 is 0 Å². The quantitative estimate of drug-likeness (QED) is 0.846. The Kier molecular flexibility index (Phi) is 5.06. The number of aromatic nitrogens is 1. The fourth-order valence-corrected chi connectivity index (χ4v) is 2.37. The largest absolute Gasteiger partial charge is 0.356 e. The van der Waals surface area contributed by atoms with Crippen molar-refractivity contribution in [1.29, 1.82) is 0 Å². The molecule has 0 aliphatic rings. The smallest absolute Gasteiger partial charge is 0.221 e. The second kappa shape index (κ2) is 7.01. The van der Waals surface area contributed by atoms with Gasteiger partial charge in [-0.15, -0.1) is 11.3 Å². The lowest BCUT2D eigenvalue weighted by Gasteiger charge is -2.11.